The van der Waals surface area contributed by atoms with E-state index >= 15 is 0 Å². The topological polar surface area (TPSA) is 73.6 Å². The fraction of sp³-hybridized carbons (Fsp3) is 0.500. The number of hydrogen-bond donors (Lipinski definition) is 1. The maximum atomic E-state index is 11.5. The molecule has 5 nitrogen and oxygen atoms in total. The summed E-state index contributed by atoms with van der Waals surface area (Å²) >= 11 is 0. The van der Waals surface area contributed by atoms with Gasteiger partial charge in [-0.15, -0.1) is 0 Å². The van der Waals surface area contributed by atoms with Crippen molar-refractivity contribution in [2.45, 2.75) is 26.3 Å². The number of carboxylic acids is 1. The van der Waals surface area contributed by atoms with Gasteiger partial charge in [0.1, 0.15) is 11.8 Å². The van der Waals surface area contributed by atoms with Crippen LogP contribution in [0, 0.1) is 16.7 Å². The molecule has 1 atom stereocenters. The number of methoxy groups -OCH3 is 1. The third-order valence-electron chi connectivity index (χ3n) is 4.36. The van der Waals surface area contributed by atoms with Crippen LogP contribution in [0.4, 0.5) is 0 Å². The highest BCUT2D eigenvalue weighted by atomic mass is 16.5. The summed E-state index contributed by atoms with van der Waals surface area (Å²) < 4.78 is 5.21. The van der Waals surface area contributed by atoms with Crippen molar-refractivity contribution < 1.29 is 14.6 Å². The zero-order chi connectivity index (χ0) is 15.5. The largest absolute Gasteiger partial charge is 0.495 e. The van der Waals surface area contributed by atoms with Crippen LogP contribution in [0.2, 0.25) is 0 Å². The summed E-state index contributed by atoms with van der Waals surface area (Å²) in [7, 11) is 1.54. The minimum Gasteiger partial charge on any atom is -0.495 e. The van der Waals surface area contributed by atoms with Gasteiger partial charge in [-0.3, -0.25) is 9.69 Å². The molecule has 5 heteroatoms. The van der Waals surface area contributed by atoms with Crippen LogP contribution in [0.1, 0.15) is 30.9 Å². The predicted octanol–water partition coefficient (Wildman–Crippen LogP) is 2.25. The molecular weight excluding hydrogens is 268 g/mol. The van der Waals surface area contributed by atoms with Crippen LogP contribution in [0.25, 0.3) is 0 Å². The summed E-state index contributed by atoms with van der Waals surface area (Å²) in [4.78, 5) is 13.6. The Bertz CT molecular complexity index is 579. The van der Waals surface area contributed by atoms with E-state index in [4.69, 9.17) is 10.00 Å². The van der Waals surface area contributed by atoms with Crippen LogP contribution in [-0.4, -0.2) is 36.2 Å². The maximum Gasteiger partial charge on any atom is 0.310 e. The van der Waals surface area contributed by atoms with Gasteiger partial charge in [0.05, 0.1) is 18.1 Å². The van der Waals surface area contributed by atoms with Gasteiger partial charge in [0.25, 0.3) is 0 Å². The van der Waals surface area contributed by atoms with Gasteiger partial charge in [0.15, 0.2) is 0 Å². The molecule has 1 aliphatic rings. The first kappa shape index (κ1) is 15.3. The zero-order valence-corrected chi connectivity index (χ0v) is 12.4. The van der Waals surface area contributed by atoms with E-state index in [1.54, 1.807) is 13.2 Å². The highest BCUT2D eigenvalue weighted by Crippen LogP contribution is 2.35. The minimum absolute atomic E-state index is 0.510. The molecule has 2 rings (SSSR count). The van der Waals surface area contributed by atoms with E-state index < -0.39 is 11.4 Å². The summed E-state index contributed by atoms with van der Waals surface area (Å²) in [5, 5.41) is 18.4. The van der Waals surface area contributed by atoms with Gasteiger partial charge < -0.3 is 9.84 Å². The van der Waals surface area contributed by atoms with Crippen molar-refractivity contribution in [1.82, 2.24) is 4.90 Å². The van der Waals surface area contributed by atoms with Crippen molar-refractivity contribution >= 4 is 5.97 Å². The van der Waals surface area contributed by atoms with Gasteiger partial charge in [-0.05, 0) is 37.1 Å². The van der Waals surface area contributed by atoms with Crippen molar-refractivity contribution in [1.29, 1.82) is 5.26 Å². The Labute approximate surface area is 124 Å². The molecule has 0 bridgehead atoms. The first-order chi connectivity index (χ1) is 10.0. The lowest BCUT2D eigenvalue weighted by atomic mass is 9.84. The highest BCUT2D eigenvalue weighted by molar-refractivity contribution is 5.75. The Balaban J connectivity index is 2.10. The molecular formula is C16H20N2O3. The monoisotopic (exact) mass is 288 g/mol. The lowest BCUT2D eigenvalue weighted by Crippen LogP contribution is -2.33. The molecule has 0 radical (unpaired) electrons. The van der Waals surface area contributed by atoms with Crippen molar-refractivity contribution in [2.75, 3.05) is 20.2 Å². The SMILES string of the molecule is CCC1(C(=O)O)CCN(Cc2ccc(C#N)c(OC)c2)C1. The Hall–Kier alpha value is -2.06. The van der Waals surface area contributed by atoms with E-state index in [0.29, 0.717) is 37.2 Å². The Morgan fingerprint density at radius 3 is 2.86 bits per heavy atom. The third kappa shape index (κ3) is 3.01. The lowest BCUT2D eigenvalue weighted by Gasteiger charge is -2.23. The molecule has 1 heterocycles. The molecule has 1 unspecified atom stereocenters. The molecule has 0 saturated carbocycles. The number of nitrogens with zero attached hydrogens (tertiary/aromatic N) is 2. The highest BCUT2D eigenvalue weighted by Gasteiger charge is 2.43. The summed E-state index contributed by atoms with van der Waals surface area (Å²) in [5.41, 5.74) is 0.927. The van der Waals surface area contributed by atoms with Gasteiger partial charge in [-0.2, -0.15) is 5.26 Å². The molecule has 1 fully saturated rings. The number of nitriles is 1. The zero-order valence-electron chi connectivity index (χ0n) is 12.4. The van der Waals surface area contributed by atoms with Crippen LogP contribution in [0.3, 0.4) is 0 Å². The van der Waals surface area contributed by atoms with Crippen LogP contribution in [0.15, 0.2) is 18.2 Å². The van der Waals surface area contributed by atoms with Crippen LogP contribution in [-0.2, 0) is 11.3 Å². The van der Waals surface area contributed by atoms with E-state index in [2.05, 4.69) is 11.0 Å². The van der Waals surface area contributed by atoms with Crippen molar-refractivity contribution in [2.24, 2.45) is 5.41 Å². The van der Waals surface area contributed by atoms with Gasteiger partial charge >= 0.3 is 5.97 Å². The van der Waals surface area contributed by atoms with E-state index in [1.807, 2.05) is 19.1 Å². The van der Waals surface area contributed by atoms with Gasteiger partial charge in [-0.1, -0.05) is 13.0 Å². The lowest BCUT2D eigenvalue weighted by molar-refractivity contribution is -0.148. The normalized spacial score (nSPS) is 22.0. The molecule has 112 valence electrons. The predicted molar refractivity (Wildman–Crippen MR) is 78.0 cm³/mol. The Morgan fingerprint density at radius 1 is 1.57 bits per heavy atom. The molecule has 0 aliphatic carbocycles. The Morgan fingerprint density at radius 2 is 2.33 bits per heavy atom. The van der Waals surface area contributed by atoms with E-state index in [0.717, 1.165) is 12.1 Å². The number of rotatable bonds is 5. The molecule has 21 heavy (non-hydrogen) atoms. The quantitative estimate of drug-likeness (QED) is 0.899. The van der Waals surface area contributed by atoms with E-state index in [-0.39, 0.29) is 0 Å². The number of aliphatic carboxylic acids is 1. The van der Waals surface area contributed by atoms with Crippen LogP contribution >= 0.6 is 0 Å². The second-order valence-corrected chi connectivity index (χ2v) is 5.55. The minimum atomic E-state index is -0.704. The number of ether oxygens (including phenoxy) is 1. The Kier molecular flexibility index (Phi) is 4.49. The molecule has 1 saturated heterocycles. The van der Waals surface area contributed by atoms with E-state index in [9.17, 15) is 9.90 Å². The van der Waals surface area contributed by atoms with E-state index in [1.165, 1.54) is 0 Å². The summed E-state index contributed by atoms with van der Waals surface area (Å²) in [5.74, 6) is -0.140. The first-order valence-corrected chi connectivity index (χ1v) is 7.07. The average Bonchev–Trinajstić information content (AvgIpc) is 2.91. The molecule has 1 aromatic carbocycles. The summed E-state index contributed by atoms with van der Waals surface area (Å²) in [6.45, 7) is 3.96. The standard InChI is InChI=1S/C16H20N2O3/c1-3-16(15(19)20)6-7-18(11-16)10-12-4-5-13(9-17)14(8-12)21-2/h4-5,8H,3,6-7,10-11H2,1-2H3,(H,19,20). The summed E-state index contributed by atoms with van der Waals surface area (Å²) in [6.07, 6.45) is 1.34. The molecule has 0 spiro atoms. The molecule has 1 aromatic rings. The number of carboxylic acid groups (broad SMARTS) is 1. The van der Waals surface area contributed by atoms with Crippen molar-refractivity contribution in [3.05, 3.63) is 29.3 Å². The van der Waals surface area contributed by atoms with Gasteiger partial charge in [0, 0.05) is 13.1 Å². The van der Waals surface area contributed by atoms with Crippen molar-refractivity contribution in [3.63, 3.8) is 0 Å². The van der Waals surface area contributed by atoms with Crippen molar-refractivity contribution in [3.8, 4) is 11.8 Å². The fourth-order valence-corrected chi connectivity index (χ4v) is 2.89. The van der Waals surface area contributed by atoms with Gasteiger partial charge in [-0.25, -0.2) is 0 Å². The second kappa shape index (κ2) is 6.15. The number of carbonyl (C=O) groups is 1. The fourth-order valence-electron chi connectivity index (χ4n) is 2.89. The third-order valence-corrected chi connectivity index (χ3v) is 4.36. The van der Waals surface area contributed by atoms with Gasteiger partial charge in [0.2, 0.25) is 0 Å². The smallest absolute Gasteiger partial charge is 0.310 e. The maximum absolute atomic E-state index is 11.5. The number of hydrogen-bond acceptors (Lipinski definition) is 4. The average molecular weight is 288 g/mol. The summed E-state index contributed by atoms with van der Waals surface area (Å²) in [6, 6.07) is 7.58. The molecule has 0 aromatic heterocycles. The molecule has 1 aliphatic heterocycles. The number of benzene rings is 1. The second-order valence-electron chi connectivity index (χ2n) is 5.55. The first-order valence-electron chi connectivity index (χ1n) is 7.07. The van der Waals surface area contributed by atoms with Crippen LogP contribution in [0.5, 0.6) is 5.75 Å². The number of likely N-dealkylation sites (tertiary alicyclic amines) is 1. The molecule has 0 amide bonds. The molecule has 1 N–H and O–H groups in total. The van der Waals surface area contributed by atoms with Crippen LogP contribution < -0.4 is 4.74 Å².